The highest BCUT2D eigenvalue weighted by Crippen LogP contribution is 2.30. The number of hydrogen-bond donors (Lipinski definition) is 0. The fourth-order valence-corrected chi connectivity index (χ4v) is 2.35. The number of alkyl halides is 1. The van der Waals surface area contributed by atoms with Crippen LogP contribution in [0.25, 0.3) is 0 Å². The van der Waals surface area contributed by atoms with Gasteiger partial charge in [0.2, 0.25) is 0 Å². The molecule has 0 amide bonds. The third-order valence-electron chi connectivity index (χ3n) is 1.87. The van der Waals surface area contributed by atoms with Gasteiger partial charge in [0.1, 0.15) is 5.75 Å². The van der Waals surface area contributed by atoms with E-state index in [1.54, 1.807) is 0 Å². The second-order valence-corrected chi connectivity index (χ2v) is 5.27. The Labute approximate surface area is 109 Å². The molecule has 0 aliphatic carbocycles. The van der Waals surface area contributed by atoms with Crippen LogP contribution in [0.1, 0.15) is 12.5 Å². The van der Waals surface area contributed by atoms with Crippen LogP contribution >= 0.6 is 39.3 Å². The van der Waals surface area contributed by atoms with E-state index in [2.05, 4.69) is 22.9 Å². The standard InChI is InChI=1S/C11H14BrClOS/c1-2-15-7-6-14-11-9(8-12)4-3-5-10(11)13/h3-5H,2,6-8H2,1H3. The monoisotopic (exact) mass is 308 g/mol. The van der Waals surface area contributed by atoms with Crippen LogP contribution in [0.2, 0.25) is 5.02 Å². The fourth-order valence-electron chi connectivity index (χ4n) is 1.17. The average Bonchev–Trinajstić information content (AvgIpc) is 2.26. The highest BCUT2D eigenvalue weighted by molar-refractivity contribution is 9.08. The topological polar surface area (TPSA) is 9.23 Å². The smallest absolute Gasteiger partial charge is 0.141 e. The molecule has 84 valence electrons. The minimum Gasteiger partial charge on any atom is -0.491 e. The lowest BCUT2D eigenvalue weighted by Gasteiger charge is -2.11. The number of thioether (sulfide) groups is 1. The van der Waals surface area contributed by atoms with Gasteiger partial charge in [-0.1, -0.05) is 46.6 Å². The zero-order valence-corrected chi connectivity index (χ0v) is 11.8. The average molecular weight is 310 g/mol. The Morgan fingerprint density at radius 1 is 1.47 bits per heavy atom. The van der Waals surface area contributed by atoms with E-state index >= 15 is 0 Å². The van der Waals surface area contributed by atoms with Crippen molar-refractivity contribution in [2.75, 3.05) is 18.1 Å². The number of ether oxygens (including phenoxy) is 1. The Morgan fingerprint density at radius 2 is 2.27 bits per heavy atom. The first kappa shape index (κ1) is 13.2. The number of halogens is 2. The first-order valence-electron chi connectivity index (χ1n) is 4.83. The van der Waals surface area contributed by atoms with Gasteiger partial charge < -0.3 is 4.74 Å². The van der Waals surface area contributed by atoms with Crippen LogP contribution in [0.5, 0.6) is 5.75 Å². The molecule has 0 fully saturated rings. The summed E-state index contributed by atoms with van der Waals surface area (Å²) in [5.74, 6) is 2.94. The molecular formula is C11H14BrClOS. The van der Waals surface area contributed by atoms with Crippen molar-refractivity contribution in [1.29, 1.82) is 0 Å². The first-order chi connectivity index (χ1) is 7.29. The van der Waals surface area contributed by atoms with Crippen molar-refractivity contribution in [3.05, 3.63) is 28.8 Å². The lowest BCUT2D eigenvalue weighted by atomic mass is 10.2. The fraction of sp³-hybridized carbons (Fsp3) is 0.455. The maximum absolute atomic E-state index is 6.07. The van der Waals surface area contributed by atoms with Crippen molar-refractivity contribution in [3.63, 3.8) is 0 Å². The first-order valence-corrected chi connectivity index (χ1v) is 7.49. The summed E-state index contributed by atoms with van der Waals surface area (Å²) in [4.78, 5) is 0. The zero-order chi connectivity index (χ0) is 11.1. The third-order valence-corrected chi connectivity index (χ3v) is 3.64. The van der Waals surface area contributed by atoms with Crippen molar-refractivity contribution in [3.8, 4) is 5.75 Å². The molecule has 1 nitrogen and oxygen atoms in total. The molecule has 0 heterocycles. The minimum absolute atomic E-state index is 0.688. The molecule has 0 N–H and O–H groups in total. The molecule has 0 saturated carbocycles. The molecule has 0 spiro atoms. The van der Waals surface area contributed by atoms with Gasteiger partial charge in [0, 0.05) is 16.6 Å². The molecule has 0 aliphatic heterocycles. The summed E-state index contributed by atoms with van der Waals surface area (Å²) < 4.78 is 5.68. The van der Waals surface area contributed by atoms with Gasteiger partial charge in [0.25, 0.3) is 0 Å². The maximum atomic E-state index is 6.07. The summed E-state index contributed by atoms with van der Waals surface area (Å²) in [7, 11) is 0. The van der Waals surface area contributed by atoms with E-state index in [1.807, 2.05) is 30.0 Å². The van der Waals surface area contributed by atoms with Gasteiger partial charge in [0.05, 0.1) is 11.6 Å². The number of para-hydroxylation sites is 1. The van der Waals surface area contributed by atoms with Crippen LogP contribution in [0, 0.1) is 0 Å². The number of benzene rings is 1. The van der Waals surface area contributed by atoms with Crippen LogP contribution in [-0.2, 0) is 5.33 Å². The van der Waals surface area contributed by atoms with Gasteiger partial charge in [-0.2, -0.15) is 11.8 Å². The molecule has 0 radical (unpaired) electrons. The second-order valence-electron chi connectivity index (χ2n) is 2.91. The Bertz CT molecular complexity index is 307. The largest absolute Gasteiger partial charge is 0.491 e. The highest BCUT2D eigenvalue weighted by Gasteiger charge is 2.06. The van der Waals surface area contributed by atoms with E-state index in [4.69, 9.17) is 16.3 Å². The quantitative estimate of drug-likeness (QED) is 0.570. The van der Waals surface area contributed by atoms with Gasteiger partial charge >= 0.3 is 0 Å². The Balaban J connectivity index is 2.58. The summed E-state index contributed by atoms with van der Waals surface area (Å²) in [6.07, 6.45) is 0. The van der Waals surface area contributed by atoms with Crippen LogP contribution in [0.3, 0.4) is 0 Å². The molecule has 0 saturated heterocycles. The summed E-state index contributed by atoms with van der Waals surface area (Å²) >= 11 is 11.4. The van der Waals surface area contributed by atoms with Crippen LogP contribution in [-0.4, -0.2) is 18.1 Å². The Morgan fingerprint density at radius 3 is 2.93 bits per heavy atom. The van der Waals surface area contributed by atoms with E-state index in [1.165, 1.54) is 0 Å². The van der Waals surface area contributed by atoms with E-state index in [-0.39, 0.29) is 0 Å². The summed E-state index contributed by atoms with van der Waals surface area (Å²) in [6, 6.07) is 5.81. The van der Waals surface area contributed by atoms with Crippen molar-refractivity contribution < 1.29 is 4.74 Å². The molecule has 1 aromatic carbocycles. The van der Waals surface area contributed by atoms with Gasteiger partial charge in [-0.05, 0) is 11.8 Å². The second kappa shape index (κ2) is 7.42. The lowest BCUT2D eigenvalue weighted by molar-refractivity contribution is 0.341. The predicted octanol–water partition coefficient (Wildman–Crippen LogP) is 4.37. The van der Waals surface area contributed by atoms with Crippen LogP contribution in [0.15, 0.2) is 18.2 Å². The third kappa shape index (κ3) is 4.25. The molecule has 0 aliphatic rings. The molecule has 4 heteroatoms. The normalized spacial score (nSPS) is 10.3. The molecule has 0 unspecified atom stereocenters. The molecule has 15 heavy (non-hydrogen) atoms. The molecule has 1 aromatic rings. The molecule has 0 bridgehead atoms. The van der Waals surface area contributed by atoms with E-state index in [0.29, 0.717) is 11.6 Å². The molecule has 0 atom stereocenters. The maximum Gasteiger partial charge on any atom is 0.141 e. The van der Waals surface area contributed by atoms with Gasteiger partial charge in [-0.25, -0.2) is 0 Å². The predicted molar refractivity (Wildman–Crippen MR) is 72.6 cm³/mol. The summed E-state index contributed by atoms with van der Waals surface area (Å²) in [5, 5.41) is 1.46. The summed E-state index contributed by atoms with van der Waals surface area (Å²) in [5.41, 5.74) is 1.10. The molecule has 1 rings (SSSR count). The lowest BCUT2D eigenvalue weighted by Crippen LogP contribution is -2.02. The van der Waals surface area contributed by atoms with Crippen molar-refractivity contribution in [1.82, 2.24) is 0 Å². The van der Waals surface area contributed by atoms with E-state index < -0.39 is 0 Å². The van der Waals surface area contributed by atoms with Crippen molar-refractivity contribution in [2.45, 2.75) is 12.3 Å². The SMILES string of the molecule is CCSCCOc1c(Cl)cccc1CBr. The minimum atomic E-state index is 0.688. The van der Waals surface area contributed by atoms with Gasteiger partial charge in [0.15, 0.2) is 0 Å². The van der Waals surface area contributed by atoms with Crippen LogP contribution < -0.4 is 4.74 Å². The molecular weight excluding hydrogens is 296 g/mol. The van der Waals surface area contributed by atoms with Gasteiger partial charge in [-0.15, -0.1) is 0 Å². The Kier molecular flexibility index (Phi) is 6.53. The molecule has 0 aromatic heterocycles. The number of hydrogen-bond acceptors (Lipinski definition) is 2. The Hall–Kier alpha value is 0.140. The van der Waals surface area contributed by atoms with Crippen molar-refractivity contribution >= 4 is 39.3 Å². The number of rotatable bonds is 6. The van der Waals surface area contributed by atoms with Crippen LogP contribution in [0.4, 0.5) is 0 Å². The van der Waals surface area contributed by atoms with Crippen molar-refractivity contribution in [2.24, 2.45) is 0 Å². The van der Waals surface area contributed by atoms with E-state index in [9.17, 15) is 0 Å². The van der Waals surface area contributed by atoms with E-state index in [0.717, 1.165) is 28.1 Å². The summed E-state index contributed by atoms with van der Waals surface area (Å²) in [6.45, 7) is 2.85. The van der Waals surface area contributed by atoms with Gasteiger partial charge in [-0.3, -0.25) is 0 Å². The highest BCUT2D eigenvalue weighted by atomic mass is 79.9. The zero-order valence-electron chi connectivity index (χ0n) is 8.63.